The van der Waals surface area contributed by atoms with Crippen LogP contribution >= 0.6 is 23.1 Å². The van der Waals surface area contributed by atoms with E-state index in [4.69, 9.17) is 9.84 Å². The van der Waals surface area contributed by atoms with Crippen LogP contribution in [0.5, 0.6) is 5.75 Å². The van der Waals surface area contributed by atoms with Crippen molar-refractivity contribution in [3.05, 3.63) is 46.7 Å². The van der Waals surface area contributed by atoms with Gasteiger partial charge in [0.05, 0.1) is 12.3 Å². The SMILES string of the molecule is Cc1ccc(NC(=O)Nc2ncc(CCSc3nc(C(=O)O)cn3C)s2)c(OCC(C)C)c1. The van der Waals surface area contributed by atoms with E-state index < -0.39 is 12.0 Å². The van der Waals surface area contributed by atoms with Gasteiger partial charge in [0.1, 0.15) is 5.75 Å². The highest BCUT2D eigenvalue weighted by Crippen LogP contribution is 2.27. The number of carboxylic acids is 1. The Hall–Kier alpha value is -3.05. The predicted octanol–water partition coefficient (Wildman–Crippen LogP) is 4.90. The number of aromatic nitrogens is 3. The highest BCUT2D eigenvalue weighted by Gasteiger charge is 2.13. The van der Waals surface area contributed by atoms with Gasteiger partial charge in [-0.1, -0.05) is 31.7 Å². The van der Waals surface area contributed by atoms with Gasteiger partial charge in [0, 0.05) is 30.1 Å². The van der Waals surface area contributed by atoms with Gasteiger partial charge in [0.15, 0.2) is 16.0 Å². The zero-order chi connectivity index (χ0) is 24.0. The summed E-state index contributed by atoms with van der Waals surface area (Å²) in [6, 6.07) is 5.25. The Morgan fingerprint density at radius 3 is 2.79 bits per heavy atom. The van der Waals surface area contributed by atoms with E-state index in [1.54, 1.807) is 17.8 Å². The molecule has 33 heavy (non-hydrogen) atoms. The molecule has 1 aromatic carbocycles. The first-order chi connectivity index (χ1) is 15.7. The number of benzene rings is 1. The summed E-state index contributed by atoms with van der Waals surface area (Å²) in [5.74, 6) is 0.669. The largest absolute Gasteiger partial charge is 0.491 e. The normalized spacial score (nSPS) is 10.9. The topological polar surface area (TPSA) is 118 Å². The van der Waals surface area contributed by atoms with E-state index >= 15 is 0 Å². The highest BCUT2D eigenvalue weighted by molar-refractivity contribution is 7.99. The van der Waals surface area contributed by atoms with E-state index in [0.717, 1.165) is 10.4 Å². The van der Waals surface area contributed by atoms with Gasteiger partial charge in [-0.2, -0.15) is 0 Å². The fourth-order valence-corrected chi connectivity index (χ4v) is 4.63. The Balaban J connectivity index is 1.52. The summed E-state index contributed by atoms with van der Waals surface area (Å²) < 4.78 is 7.54. The maximum atomic E-state index is 12.5. The molecule has 0 spiro atoms. The lowest BCUT2D eigenvalue weighted by molar-refractivity contribution is 0.0690. The molecule has 0 aliphatic rings. The Kier molecular flexibility index (Phi) is 8.34. The fourth-order valence-electron chi connectivity index (χ4n) is 2.77. The van der Waals surface area contributed by atoms with Crippen molar-refractivity contribution in [1.82, 2.24) is 14.5 Å². The summed E-state index contributed by atoms with van der Waals surface area (Å²) in [5, 5.41) is 15.8. The number of thiazole rings is 1. The molecule has 0 aliphatic heterocycles. The summed E-state index contributed by atoms with van der Waals surface area (Å²) in [5.41, 5.74) is 1.68. The number of nitrogens with zero attached hydrogens (tertiary/aromatic N) is 3. The van der Waals surface area contributed by atoms with E-state index in [2.05, 4.69) is 34.4 Å². The van der Waals surface area contributed by atoms with Crippen molar-refractivity contribution in [1.29, 1.82) is 0 Å². The molecule has 0 saturated heterocycles. The predicted molar refractivity (Wildman–Crippen MR) is 131 cm³/mol. The number of hydrogen-bond donors (Lipinski definition) is 3. The maximum absolute atomic E-state index is 12.5. The van der Waals surface area contributed by atoms with Crippen molar-refractivity contribution in [2.75, 3.05) is 23.0 Å². The van der Waals surface area contributed by atoms with Gasteiger partial charge in [-0.3, -0.25) is 5.32 Å². The third kappa shape index (κ3) is 7.22. The zero-order valence-corrected chi connectivity index (χ0v) is 20.5. The number of thioether (sulfide) groups is 1. The molecule has 0 saturated carbocycles. The minimum atomic E-state index is -1.04. The zero-order valence-electron chi connectivity index (χ0n) is 18.9. The minimum Gasteiger partial charge on any atom is -0.491 e. The number of amides is 2. The second kappa shape index (κ2) is 11.2. The number of carbonyl (C=O) groups excluding carboxylic acids is 1. The van der Waals surface area contributed by atoms with Crippen LogP contribution in [0.4, 0.5) is 15.6 Å². The molecule has 2 amide bonds. The fraction of sp³-hybridized carbons (Fsp3) is 0.364. The molecule has 11 heteroatoms. The number of aromatic carboxylic acids is 1. The van der Waals surface area contributed by atoms with E-state index in [1.807, 2.05) is 25.1 Å². The van der Waals surface area contributed by atoms with E-state index in [1.165, 1.54) is 29.3 Å². The van der Waals surface area contributed by atoms with Gasteiger partial charge in [0.25, 0.3) is 0 Å². The van der Waals surface area contributed by atoms with Crippen LogP contribution in [-0.4, -0.2) is 44.0 Å². The first-order valence-electron chi connectivity index (χ1n) is 10.4. The molecule has 3 N–H and O–H groups in total. The molecule has 0 aliphatic carbocycles. The lowest BCUT2D eigenvalue weighted by Crippen LogP contribution is -2.20. The second-order valence-electron chi connectivity index (χ2n) is 7.84. The van der Waals surface area contributed by atoms with Crippen molar-refractivity contribution in [2.24, 2.45) is 13.0 Å². The van der Waals surface area contributed by atoms with Crippen molar-refractivity contribution >= 4 is 45.9 Å². The molecule has 0 fully saturated rings. The van der Waals surface area contributed by atoms with E-state index in [0.29, 0.717) is 46.4 Å². The van der Waals surface area contributed by atoms with Crippen LogP contribution in [0, 0.1) is 12.8 Å². The molecule has 2 aromatic heterocycles. The van der Waals surface area contributed by atoms with Gasteiger partial charge in [-0.25, -0.2) is 19.6 Å². The molecule has 176 valence electrons. The molecular weight excluding hydrogens is 462 g/mol. The van der Waals surface area contributed by atoms with Crippen LogP contribution in [0.2, 0.25) is 0 Å². The molecule has 0 radical (unpaired) electrons. The van der Waals surface area contributed by atoms with Gasteiger partial charge >= 0.3 is 12.0 Å². The summed E-state index contributed by atoms with van der Waals surface area (Å²) in [7, 11) is 1.77. The maximum Gasteiger partial charge on any atom is 0.356 e. The van der Waals surface area contributed by atoms with Gasteiger partial charge < -0.3 is 19.7 Å². The smallest absolute Gasteiger partial charge is 0.356 e. The summed E-state index contributed by atoms with van der Waals surface area (Å²) in [6.45, 7) is 6.67. The van der Waals surface area contributed by atoms with E-state index in [-0.39, 0.29) is 5.69 Å². The van der Waals surface area contributed by atoms with Gasteiger partial charge in [0.2, 0.25) is 0 Å². The van der Waals surface area contributed by atoms with Gasteiger partial charge in [-0.05, 0) is 37.0 Å². The van der Waals surface area contributed by atoms with Crippen LogP contribution < -0.4 is 15.4 Å². The minimum absolute atomic E-state index is 0.0293. The van der Waals surface area contributed by atoms with E-state index in [9.17, 15) is 9.59 Å². The molecule has 2 heterocycles. The van der Waals surface area contributed by atoms with Crippen LogP contribution in [0.25, 0.3) is 0 Å². The Bertz CT molecular complexity index is 1130. The average Bonchev–Trinajstić information content (AvgIpc) is 3.34. The van der Waals surface area contributed by atoms with Crippen LogP contribution in [0.3, 0.4) is 0 Å². The first-order valence-corrected chi connectivity index (χ1v) is 12.2. The number of aryl methyl sites for hydroxylation is 3. The first kappa shape index (κ1) is 24.6. The molecule has 0 atom stereocenters. The van der Waals surface area contributed by atoms with Crippen molar-refractivity contribution in [2.45, 2.75) is 32.3 Å². The number of carboxylic acid groups (broad SMARTS) is 1. The summed E-state index contributed by atoms with van der Waals surface area (Å²) in [4.78, 5) is 32.9. The molecule has 3 rings (SSSR count). The molecule has 0 bridgehead atoms. The number of nitrogens with one attached hydrogen (secondary N) is 2. The Morgan fingerprint density at radius 2 is 2.09 bits per heavy atom. The van der Waals surface area contributed by atoms with Crippen molar-refractivity contribution < 1.29 is 19.4 Å². The van der Waals surface area contributed by atoms with Crippen molar-refractivity contribution in [3.63, 3.8) is 0 Å². The monoisotopic (exact) mass is 489 g/mol. The third-order valence-corrected chi connectivity index (χ3v) is 6.38. The number of imidazole rings is 1. The summed E-state index contributed by atoms with van der Waals surface area (Å²) >= 11 is 2.86. The number of anilines is 2. The van der Waals surface area contributed by atoms with Crippen molar-refractivity contribution in [3.8, 4) is 5.75 Å². The quantitative estimate of drug-likeness (QED) is 0.347. The number of ether oxygens (including phenoxy) is 1. The lowest BCUT2D eigenvalue weighted by Gasteiger charge is -2.14. The Morgan fingerprint density at radius 1 is 1.30 bits per heavy atom. The number of carbonyl (C=O) groups is 2. The highest BCUT2D eigenvalue weighted by atomic mass is 32.2. The Labute approximate surface area is 200 Å². The molecule has 0 unspecified atom stereocenters. The van der Waals surface area contributed by atoms with Gasteiger partial charge in [-0.15, -0.1) is 11.3 Å². The average molecular weight is 490 g/mol. The van der Waals surface area contributed by atoms with Crippen LogP contribution in [-0.2, 0) is 13.5 Å². The standard InChI is InChI=1S/C22H27N5O4S2/c1-13(2)12-31-18-9-14(3)5-6-16(18)24-20(30)26-21-23-10-15(33-21)7-8-32-22-25-17(19(28)29)11-27(22)4/h5-6,9-11,13H,7-8,12H2,1-4H3,(H,28,29)(H2,23,24,26,30). The molecule has 9 nitrogen and oxygen atoms in total. The molecular formula is C22H27N5O4S2. The number of urea groups is 1. The summed E-state index contributed by atoms with van der Waals surface area (Å²) in [6.07, 6.45) is 3.93. The number of hydrogen-bond acceptors (Lipinski definition) is 7. The lowest BCUT2D eigenvalue weighted by atomic mass is 10.2. The molecule has 3 aromatic rings. The number of rotatable bonds is 10. The third-order valence-electron chi connectivity index (χ3n) is 4.36. The van der Waals surface area contributed by atoms with Crippen LogP contribution in [0.15, 0.2) is 35.7 Å². The van der Waals surface area contributed by atoms with Crippen LogP contribution in [0.1, 0.15) is 34.8 Å². The second-order valence-corrected chi connectivity index (χ2v) is 10.0.